The molecule has 2 aliphatic rings. The first kappa shape index (κ1) is 12.9. The molecule has 1 unspecified atom stereocenters. The molecule has 1 aromatic rings. The average molecular weight is 261 g/mol. The zero-order valence-corrected chi connectivity index (χ0v) is 11.5. The van der Waals surface area contributed by atoms with Gasteiger partial charge in [0.2, 0.25) is 0 Å². The Morgan fingerprint density at radius 2 is 2.05 bits per heavy atom. The largest absolute Gasteiger partial charge is 0.376 e. The molecule has 0 spiro atoms. The number of aryl methyl sites for hydroxylation is 1. The maximum atomic E-state index is 5.76. The summed E-state index contributed by atoms with van der Waals surface area (Å²) in [4.78, 5) is 8.89. The van der Waals surface area contributed by atoms with Gasteiger partial charge in [0.05, 0.1) is 6.10 Å². The van der Waals surface area contributed by atoms with E-state index in [1.165, 1.54) is 49.8 Å². The van der Waals surface area contributed by atoms with Gasteiger partial charge in [-0.2, -0.15) is 0 Å². The van der Waals surface area contributed by atoms with Crippen molar-refractivity contribution in [1.82, 2.24) is 9.97 Å². The van der Waals surface area contributed by atoms with Gasteiger partial charge in [0.25, 0.3) is 0 Å². The van der Waals surface area contributed by atoms with Crippen molar-refractivity contribution < 1.29 is 4.74 Å². The number of hydrogen-bond acceptors (Lipinski definition) is 4. The van der Waals surface area contributed by atoms with Crippen LogP contribution in [0.15, 0.2) is 6.33 Å². The van der Waals surface area contributed by atoms with Crippen molar-refractivity contribution in [3.8, 4) is 0 Å². The van der Waals surface area contributed by atoms with E-state index in [1.807, 2.05) is 0 Å². The molecule has 1 aromatic heterocycles. The molecule has 4 nitrogen and oxygen atoms in total. The van der Waals surface area contributed by atoms with E-state index < -0.39 is 0 Å². The number of hydrogen-bond donors (Lipinski definition) is 1. The predicted octanol–water partition coefficient (Wildman–Crippen LogP) is 2.73. The Hall–Kier alpha value is -1.16. The zero-order valence-electron chi connectivity index (χ0n) is 11.5. The smallest absolute Gasteiger partial charge is 0.132 e. The van der Waals surface area contributed by atoms with E-state index in [9.17, 15) is 0 Å². The maximum absolute atomic E-state index is 5.76. The summed E-state index contributed by atoms with van der Waals surface area (Å²) >= 11 is 0. The molecular weight excluding hydrogens is 238 g/mol. The van der Waals surface area contributed by atoms with Crippen LogP contribution in [0.4, 0.5) is 5.82 Å². The average Bonchev–Trinajstić information content (AvgIpc) is 2.72. The summed E-state index contributed by atoms with van der Waals surface area (Å²) in [5, 5.41) is 3.49. The van der Waals surface area contributed by atoms with Crippen molar-refractivity contribution in [2.45, 2.75) is 57.5 Å². The number of nitrogens with zero attached hydrogens (tertiary/aromatic N) is 2. The lowest BCUT2D eigenvalue weighted by Crippen LogP contribution is -2.27. The first-order chi connectivity index (χ1) is 9.43. The summed E-state index contributed by atoms with van der Waals surface area (Å²) in [6, 6.07) is 0. The molecule has 104 valence electrons. The standard InChI is InChI=1S/C15H23N3O/c1-2-7-13-14(8-3-1)17-11-18-15(13)16-10-12-6-4-5-9-19-12/h11-12H,1-10H2,(H,16,17,18). The van der Waals surface area contributed by atoms with Crippen molar-refractivity contribution in [3.63, 3.8) is 0 Å². The Balaban J connectivity index is 1.66. The van der Waals surface area contributed by atoms with Crippen LogP contribution in [-0.4, -0.2) is 29.2 Å². The Kier molecular flexibility index (Phi) is 4.28. The second kappa shape index (κ2) is 6.33. The SMILES string of the molecule is c1nc2c(c(NCC3CCCCO3)n1)CCCCC2. The van der Waals surface area contributed by atoms with E-state index in [1.54, 1.807) is 6.33 Å². The third-order valence-electron chi connectivity index (χ3n) is 4.15. The molecule has 1 atom stereocenters. The van der Waals surface area contributed by atoms with Crippen LogP contribution in [0.2, 0.25) is 0 Å². The van der Waals surface area contributed by atoms with Crippen LogP contribution >= 0.6 is 0 Å². The molecule has 19 heavy (non-hydrogen) atoms. The van der Waals surface area contributed by atoms with Gasteiger partial charge in [-0.05, 0) is 44.9 Å². The molecule has 1 aliphatic heterocycles. The monoisotopic (exact) mass is 261 g/mol. The fraction of sp³-hybridized carbons (Fsp3) is 0.733. The van der Waals surface area contributed by atoms with Crippen LogP contribution in [-0.2, 0) is 17.6 Å². The maximum Gasteiger partial charge on any atom is 0.132 e. The van der Waals surface area contributed by atoms with Crippen molar-refractivity contribution in [1.29, 1.82) is 0 Å². The summed E-state index contributed by atoms with van der Waals surface area (Å²) in [5.41, 5.74) is 2.59. The van der Waals surface area contributed by atoms with E-state index in [0.29, 0.717) is 6.10 Å². The highest BCUT2D eigenvalue weighted by Gasteiger charge is 2.17. The first-order valence-electron chi connectivity index (χ1n) is 7.62. The van der Waals surface area contributed by atoms with Gasteiger partial charge in [0, 0.05) is 24.4 Å². The van der Waals surface area contributed by atoms with E-state index in [0.717, 1.165) is 31.8 Å². The molecule has 0 amide bonds. The van der Waals surface area contributed by atoms with Crippen LogP contribution in [0.5, 0.6) is 0 Å². The zero-order chi connectivity index (χ0) is 12.9. The van der Waals surface area contributed by atoms with Crippen molar-refractivity contribution in [2.24, 2.45) is 0 Å². The van der Waals surface area contributed by atoms with Gasteiger partial charge in [-0.3, -0.25) is 0 Å². The molecule has 0 saturated carbocycles. The van der Waals surface area contributed by atoms with Crippen LogP contribution in [0.3, 0.4) is 0 Å². The number of fused-ring (bicyclic) bond motifs is 1. The second-order valence-electron chi connectivity index (χ2n) is 5.58. The molecule has 1 aliphatic carbocycles. The molecule has 1 fully saturated rings. The van der Waals surface area contributed by atoms with Gasteiger partial charge in [-0.25, -0.2) is 9.97 Å². The highest BCUT2D eigenvalue weighted by Crippen LogP contribution is 2.24. The number of nitrogens with one attached hydrogen (secondary N) is 1. The topological polar surface area (TPSA) is 47.0 Å². The molecule has 1 N–H and O–H groups in total. The van der Waals surface area contributed by atoms with Crippen LogP contribution in [0, 0.1) is 0 Å². The Bertz CT molecular complexity index is 416. The van der Waals surface area contributed by atoms with Crippen LogP contribution in [0.1, 0.15) is 49.8 Å². The fourth-order valence-electron chi connectivity index (χ4n) is 3.03. The first-order valence-corrected chi connectivity index (χ1v) is 7.62. The van der Waals surface area contributed by atoms with Crippen LogP contribution < -0.4 is 5.32 Å². The Morgan fingerprint density at radius 3 is 2.95 bits per heavy atom. The number of ether oxygens (including phenoxy) is 1. The lowest BCUT2D eigenvalue weighted by atomic mass is 10.1. The lowest BCUT2D eigenvalue weighted by molar-refractivity contribution is 0.0247. The van der Waals surface area contributed by atoms with E-state index in [4.69, 9.17) is 4.74 Å². The molecule has 2 heterocycles. The van der Waals surface area contributed by atoms with Gasteiger partial charge >= 0.3 is 0 Å². The minimum absolute atomic E-state index is 0.352. The number of rotatable bonds is 3. The summed E-state index contributed by atoms with van der Waals surface area (Å²) in [5.74, 6) is 1.04. The molecule has 4 heteroatoms. The van der Waals surface area contributed by atoms with Gasteiger partial charge in [0.15, 0.2) is 0 Å². The molecule has 0 radical (unpaired) electrons. The fourth-order valence-corrected chi connectivity index (χ4v) is 3.03. The molecule has 0 aromatic carbocycles. The summed E-state index contributed by atoms with van der Waals surface area (Å²) in [6.07, 6.45) is 11.8. The van der Waals surface area contributed by atoms with E-state index >= 15 is 0 Å². The lowest BCUT2D eigenvalue weighted by Gasteiger charge is -2.23. The Morgan fingerprint density at radius 1 is 1.11 bits per heavy atom. The van der Waals surface area contributed by atoms with Crippen LogP contribution in [0.25, 0.3) is 0 Å². The second-order valence-corrected chi connectivity index (χ2v) is 5.58. The molecule has 3 rings (SSSR count). The van der Waals surface area contributed by atoms with Crippen molar-refractivity contribution in [2.75, 3.05) is 18.5 Å². The molecule has 0 bridgehead atoms. The van der Waals surface area contributed by atoms with Gasteiger partial charge in [-0.1, -0.05) is 6.42 Å². The highest BCUT2D eigenvalue weighted by atomic mass is 16.5. The third-order valence-corrected chi connectivity index (χ3v) is 4.15. The van der Waals surface area contributed by atoms with E-state index in [-0.39, 0.29) is 0 Å². The molecule has 1 saturated heterocycles. The highest BCUT2D eigenvalue weighted by molar-refractivity contribution is 5.46. The normalized spacial score (nSPS) is 23.5. The van der Waals surface area contributed by atoms with Gasteiger partial charge in [0.1, 0.15) is 12.1 Å². The van der Waals surface area contributed by atoms with Crippen molar-refractivity contribution >= 4 is 5.82 Å². The minimum atomic E-state index is 0.352. The quantitative estimate of drug-likeness (QED) is 0.850. The predicted molar refractivity (Wildman–Crippen MR) is 75.4 cm³/mol. The van der Waals surface area contributed by atoms with Gasteiger partial charge < -0.3 is 10.1 Å². The number of anilines is 1. The summed E-state index contributed by atoms with van der Waals surface area (Å²) in [6.45, 7) is 1.79. The van der Waals surface area contributed by atoms with Gasteiger partial charge in [-0.15, -0.1) is 0 Å². The number of aromatic nitrogens is 2. The summed E-state index contributed by atoms with van der Waals surface area (Å²) in [7, 11) is 0. The summed E-state index contributed by atoms with van der Waals surface area (Å²) < 4.78 is 5.76. The molecular formula is C15H23N3O. The minimum Gasteiger partial charge on any atom is -0.376 e. The van der Waals surface area contributed by atoms with Crippen molar-refractivity contribution in [3.05, 3.63) is 17.6 Å². The van der Waals surface area contributed by atoms with E-state index in [2.05, 4.69) is 15.3 Å². The third kappa shape index (κ3) is 3.24. The Labute approximate surface area is 115 Å².